The molecule has 4 rings (SSSR count). The quantitative estimate of drug-likeness (QED) is 0.541. The summed E-state index contributed by atoms with van der Waals surface area (Å²) in [5, 5.41) is 13.1. The van der Waals surface area contributed by atoms with Gasteiger partial charge in [-0.1, -0.05) is 45.0 Å². The summed E-state index contributed by atoms with van der Waals surface area (Å²) in [4.78, 5) is 26.1. The summed E-state index contributed by atoms with van der Waals surface area (Å²) >= 11 is 0. The maximum absolute atomic E-state index is 13.4. The number of piperidine rings is 2. The van der Waals surface area contributed by atoms with Crippen LogP contribution in [0.5, 0.6) is 0 Å². The van der Waals surface area contributed by atoms with E-state index in [1.54, 1.807) is 11.9 Å². The zero-order valence-corrected chi connectivity index (χ0v) is 25.0. The van der Waals surface area contributed by atoms with Crippen LogP contribution in [0.2, 0.25) is 0 Å². The van der Waals surface area contributed by atoms with Gasteiger partial charge in [0.1, 0.15) is 23.8 Å². The van der Waals surface area contributed by atoms with Gasteiger partial charge in [0, 0.05) is 38.8 Å². The van der Waals surface area contributed by atoms with Gasteiger partial charge in [0.15, 0.2) is 5.69 Å². The molecule has 2 aliphatic rings. The van der Waals surface area contributed by atoms with E-state index >= 15 is 0 Å². The average Bonchev–Trinajstić information content (AvgIpc) is 2.94. The molecule has 2 aliphatic heterocycles. The van der Waals surface area contributed by atoms with Gasteiger partial charge in [0.25, 0.3) is 5.91 Å². The number of carbonyl (C=O) groups excluding carboxylic acids is 1. The summed E-state index contributed by atoms with van der Waals surface area (Å²) in [5.74, 6) is 0.112. The Labute approximate surface area is 238 Å². The van der Waals surface area contributed by atoms with Crippen molar-refractivity contribution >= 4 is 21.7 Å². The molecule has 1 N–H and O–H groups in total. The van der Waals surface area contributed by atoms with Gasteiger partial charge in [-0.2, -0.15) is 5.26 Å². The first-order valence-electron chi connectivity index (χ1n) is 13.9. The number of rotatable bonds is 7. The summed E-state index contributed by atoms with van der Waals surface area (Å²) in [6, 6.07) is 10.9. The molecule has 216 valence electrons. The molecule has 1 aromatic carbocycles. The van der Waals surface area contributed by atoms with Gasteiger partial charge in [-0.25, -0.2) is 22.7 Å². The number of nitriles is 1. The van der Waals surface area contributed by atoms with Crippen LogP contribution in [0.3, 0.4) is 0 Å². The summed E-state index contributed by atoms with van der Waals surface area (Å²) < 4.78 is 25.3. The number of hydrogen-bond donors (Lipinski definition) is 1. The molecule has 1 amide bonds. The lowest BCUT2D eigenvalue weighted by molar-refractivity contribution is 0.0543. The second-order valence-electron chi connectivity index (χ2n) is 11.9. The number of nitrogens with one attached hydrogen (secondary N) is 1. The summed E-state index contributed by atoms with van der Waals surface area (Å²) in [6.45, 7) is 9.87. The highest BCUT2D eigenvalue weighted by Crippen LogP contribution is 2.26. The smallest absolute Gasteiger partial charge is 0.274 e. The Hall–Kier alpha value is -3.07. The molecule has 2 aromatic rings. The maximum Gasteiger partial charge on any atom is 0.274 e. The zero-order valence-electron chi connectivity index (χ0n) is 24.2. The molecule has 10 nitrogen and oxygen atoms in total. The minimum absolute atomic E-state index is 0.0424. The van der Waals surface area contributed by atoms with Crippen molar-refractivity contribution < 1.29 is 13.2 Å². The van der Waals surface area contributed by atoms with E-state index < -0.39 is 10.0 Å². The van der Waals surface area contributed by atoms with Gasteiger partial charge in [0.05, 0.1) is 6.26 Å². The number of carbonyl (C=O) groups is 1. The number of sulfonamides is 1. The SMILES string of the molecule is CN(C1CCN(C2CCN(C(=O)c3ncnc(NCc4ccc(C(C)(C)C)cc4)c3C#N)CC2)CC1)S(C)(=O)=O. The van der Waals surface area contributed by atoms with Crippen LogP contribution in [0.1, 0.15) is 73.6 Å². The number of hydrogen-bond acceptors (Lipinski definition) is 8. The second-order valence-corrected chi connectivity index (χ2v) is 14.0. The van der Waals surface area contributed by atoms with Crippen LogP contribution >= 0.6 is 0 Å². The Balaban J connectivity index is 1.34. The highest BCUT2D eigenvalue weighted by atomic mass is 32.2. The summed E-state index contributed by atoms with van der Waals surface area (Å²) in [6.07, 6.45) is 5.88. The minimum Gasteiger partial charge on any atom is -0.365 e. The molecule has 0 bridgehead atoms. The van der Waals surface area contributed by atoms with Gasteiger partial charge < -0.3 is 15.1 Å². The van der Waals surface area contributed by atoms with Crippen molar-refractivity contribution in [2.24, 2.45) is 0 Å². The molecule has 0 saturated carbocycles. The zero-order chi connectivity index (χ0) is 29.1. The Bertz CT molecular complexity index is 1330. The molecule has 3 heterocycles. The molecule has 0 aliphatic carbocycles. The molecule has 40 heavy (non-hydrogen) atoms. The Morgan fingerprint density at radius 2 is 1.70 bits per heavy atom. The molecule has 2 saturated heterocycles. The van der Waals surface area contributed by atoms with Gasteiger partial charge in [0.2, 0.25) is 10.0 Å². The first-order chi connectivity index (χ1) is 18.9. The van der Waals surface area contributed by atoms with E-state index in [0.29, 0.717) is 31.5 Å². The second kappa shape index (κ2) is 12.2. The molecule has 0 unspecified atom stereocenters. The van der Waals surface area contributed by atoms with E-state index in [1.165, 1.54) is 22.5 Å². The predicted molar refractivity (Wildman–Crippen MR) is 155 cm³/mol. The molecule has 0 spiro atoms. The number of anilines is 1. The third-order valence-electron chi connectivity index (χ3n) is 8.25. The predicted octanol–water partition coefficient (Wildman–Crippen LogP) is 3.22. The first kappa shape index (κ1) is 29.9. The van der Waals surface area contributed by atoms with E-state index in [1.807, 2.05) is 0 Å². The molecule has 1 aromatic heterocycles. The Kier molecular flexibility index (Phi) is 9.12. The van der Waals surface area contributed by atoms with E-state index in [2.05, 4.69) is 71.3 Å². The fraction of sp³-hybridized carbons (Fsp3) is 0.586. The number of likely N-dealkylation sites (tertiary alicyclic amines) is 2. The summed E-state index contributed by atoms with van der Waals surface area (Å²) in [5.41, 5.74) is 2.67. The molecule has 11 heteroatoms. The largest absolute Gasteiger partial charge is 0.365 e. The van der Waals surface area contributed by atoms with Crippen molar-refractivity contribution in [2.45, 2.75) is 70.5 Å². The van der Waals surface area contributed by atoms with E-state index in [9.17, 15) is 18.5 Å². The third-order valence-corrected chi connectivity index (χ3v) is 9.59. The van der Waals surface area contributed by atoms with Gasteiger partial charge in [-0.05, 0) is 55.3 Å². The monoisotopic (exact) mass is 567 g/mol. The highest BCUT2D eigenvalue weighted by molar-refractivity contribution is 7.88. The van der Waals surface area contributed by atoms with Crippen molar-refractivity contribution in [3.8, 4) is 6.07 Å². The fourth-order valence-electron chi connectivity index (χ4n) is 5.57. The van der Waals surface area contributed by atoms with Crippen LogP contribution in [0.4, 0.5) is 5.82 Å². The van der Waals surface area contributed by atoms with Gasteiger partial charge in [-0.15, -0.1) is 0 Å². The third kappa shape index (κ3) is 6.97. The highest BCUT2D eigenvalue weighted by Gasteiger charge is 2.33. The number of benzene rings is 1. The first-order valence-corrected chi connectivity index (χ1v) is 15.8. The summed E-state index contributed by atoms with van der Waals surface area (Å²) in [7, 11) is -1.53. The molecular formula is C29H41N7O3S. The molecule has 2 fully saturated rings. The topological polar surface area (TPSA) is 123 Å². The number of amides is 1. The average molecular weight is 568 g/mol. The van der Waals surface area contributed by atoms with E-state index in [0.717, 1.165) is 44.3 Å². The normalized spacial score (nSPS) is 18.1. The minimum atomic E-state index is -3.19. The Morgan fingerprint density at radius 3 is 2.25 bits per heavy atom. The van der Waals surface area contributed by atoms with Crippen LogP contribution in [0.15, 0.2) is 30.6 Å². The molecule has 0 atom stereocenters. The van der Waals surface area contributed by atoms with Crippen LogP contribution < -0.4 is 5.32 Å². The lowest BCUT2D eigenvalue weighted by Gasteiger charge is -2.43. The standard InChI is InChI=1S/C29H41N7O3S/c1-29(2,3)22-8-6-21(7-9-22)19-31-27-25(18-30)26(32-20-33-27)28(37)36-16-12-24(13-17-36)35-14-10-23(11-15-35)34(4)40(5,38)39/h6-9,20,23-24H,10-17,19H2,1-5H3,(H,31,32,33). The Morgan fingerprint density at radius 1 is 1.07 bits per heavy atom. The van der Waals surface area contributed by atoms with Crippen molar-refractivity contribution in [1.82, 2.24) is 24.1 Å². The number of nitrogens with zero attached hydrogens (tertiary/aromatic N) is 6. The van der Waals surface area contributed by atoms with Crippen LogP contribution in [-0.4, -0.2) is 90.0 Å². The van der Waals surface area contributed by atoms with Gasteiger partial charge in [-0.3, -0.25) is 4.79 Å². The van der Waals surface area contributed by atoms with E-state index in [-0.39, 0.29) is 28.6 Å². The van der Waals surface area contributed by atoms with Crippen LogP contribution in [0.25, 0.3) is 0 Å². The van der Waals surface area contributed by atoms with Crippen molar-refractivity contribution in [3.63, 3.8) is 0 Å². The fourth-order valence-corrected chi connectivity index (χ4v) is 6.32. The maximum atomic E-state index is 13.4. The van der Waals surface area contributed by atoms with Crippen LogP contribution in [-0.2, 0) is 22.0 Å². The lowest BCUT2D eigenvalue weighted by Crippen LogP contribution is -2.52. The van der Waals surface area contributed by atoms with Crippen molar-refractivity contribution in [2.75, 3.05) is 44.8 Å². The lowest BCUT2D eigenvalue weighted by atomic mass is 9.87. The van der Waals surface area contributed by atoms with Crippen LogP contribution in [0, 0.1) is 11.3 Å². The number of aromatic nitrogens is 2. The van der Waals surface area contributed by atoms with Crippen molar-refractivity contribution in [1.29, 1.82) is 5.26 Å². The van der Waals surface area contributed by atoms with Crippen molar-refractivity contribution in [3.05, 3.63) is 53.0 Å². The van der Waals surface area contributed by atoms with Gasteiger partial charge >= 0.3 is 0 Å². The van der Waals surface area contributed by atoms with E-state index in [4.69, 9.17) is 0 Å². The molecular weight excluding hydrogens is 526 g/mol. The molecule has 0 radical (unpaired) electrons.